The normalized spacial score (nSPS) is 29.4. The molecule has 1 aliphatic heterocycles. The summed E-state index contributed by atoms with van der Waals surface area (Å²) in [4.78, 5) is 2.71. The first-order valence-electron chi connectivity index (χ1n) is 6.68. The van der Waals surface area contributed by atoms with Gasteiger partial charge in [0.1, 0.15) is 0 Å². The van der Waals surface area contributed by atoms with Gasteiger partial charge in [0.05, 0.1) is 0 Å². The van der Waals surface area contributed by atoms with Crippen LogP contribution < -0.4 is 5.32 Å². The summed E-state index contributed by atoms with van der Waals surface area (Å²) in [6.45, 7) is 7.31. The predicted molar refractivity (Wildman–Crippen MR) is 75.3 cm³/mol. The molecule has 0 aromatic heterocycles. The first-order chi connectivity index (χ1) is 7.83. The van der Waals surface area contributed by atoms with Crippen LogP contribution >= 0.6 is 11.8 Å². The van der Waals surface area contributed by atoms with E-state index in [1.165, 1.54) is 45.3 Å². The van der Waals surface area contributed by atoms with Crippen molar-refractivity contribution in [1.82, 2.24) is 10.2 Å². The number of hydrogen-bond acceptors (Lipinski definition) is 3. The van der Waals surface area contributed by atoms with E-state index in [0.717, 1.165) is 18.5 Å². The monoisotopic (exact) mass is 244 g/mol. The first kappa shape index (κ1) is 14.3. The van der Waals surface area contributed by atoms with Crippen molar-refractivity contribution >= 4 is 11.8 Å². The Labute approximate surface area is 106 Å². The molecule has 1 aliphatic carbocycles. The van der Waals surface area contributed by atoms with E-state index in [9.17, 15) is 0 Å². The van der Waals surface area contributed by atoms with Gasteiger partial charge in [0.2, 0.25) is 0 Å². The Kier molecular flexibility index (Phi) is 7.50. The number of likely N-dealkylation sites (tertiary alicyclic amines) is 1. The highest BCUT2D eigenvalue weighted by Crippen LogP contribution is 2.33. The topological polar surface area (TPSA) is 15.3 Å². The molecule has 1 heterocycles. The fraction of sp³-hybridized carbons (Fsp3) is 1.00. The van der Waals surface area contributed by atoms with E-state index in [1.807, 2.05) is 12.5 Å². The number of nitrogens with one attached hydrogen (secondary N) is 1. The molecule has 0 spiro atoms. The number of hydrogen-bond donors (Lipinski definition) is 1. The lowest BCUT2D eigenvalue weighted by Crippen LogP contribution is -2.49. The zero-order chi connectivity index (χ0) is 11.8. The molecule has 2 unspecified atom stereocenters. The van der Waals surface area contributed by atoms with E-state index in [-0.39, 0.29) is 0 Å². The number of rotatable bonds is 4. The van der Waals surface area contributed by atoms with Crippen LogP contribution in [0.1, 0.15) is 32.6 Å². The molecule has 2 fully saturated rings. The van der Waals surface area contributed by atoms with Crippen LogP contribution in [0, 0.1) is 5.92 Å². The van der Waals surface area contributed by atoms with E-state index in [1.54, 1.807) is 11.8 Å². The fourth-order valence-electron chi connectivity index (χ4n) is 2.67. The molecule has 0 radical (unpaired) electrons. The summed E-state index contributed by atoms with van der Waals surface area (Å²) < 4.78 is 0. The van der Waals surface area contributed by atoms with Crippen LogP contribution in [0.25, 0.3) is 0 Å². The second kappa shape index (κ2) is 8.37. The van der Waals surface area contributed by atoms with E-state index >= 15 is 0 Å². The van der Waals surface area contributed by atoms with Gasteiger partial charge in [-0.15, -0.1) is 0 Å². The van der Waals surface area contributed by atoms with Crippen LogP contribution in [0.5, 0.6) is 0 Å². The van der Waals surface area contributed by atoms with Crippen LogP contribution in [0.2, 0.25) is 0 Å². The summed E-state index contributed by atoms with van der Waals surface area (Å²) in [5.74, 6) is 0.957. The molecule has 1 saturated heterocycles. The maximum Gasteiger partial charge on any atom is 0.0136 e. The van der Waals surface area contributed by atoms with E-state index in [0.29, 0.717) is 0 Å². The molecule has 0 aromatic carbocycles. The molecule has 16 heavy (non-hydrogen) atoms. The first-order valence-corrected chi connectivity index (χ1v) is 8.31. The molecular formula is C13H28N2S. The Balaban J connectivity index is 0.000000386. The van der Waals surface area contributed by atoms with Crippen LogP contribution in [-0.4, -0.2) is 49.6 Å². The molecule has 2 nitrogen and oxygen atoms in total. The third kappa shape index (κ3) is 4.27. The minimum Gasteiger partial charge on any atom is -0.317 e. The minimum atomic E-state index is 0.932. The third-order valence-corrected chi connectivity index (χ3v) is 3.64. The van der Waals surface area contributed by atoms with Crippen molar-refractivity contribution in [3.8, 4) is 0 Å². The molecule has 96 valence electrons. The molecule has 3 heteroatoms. The van der Waals surface area contributed by atoms with Gasteiger partial charge < -0.3 is 10.2 Å². The standard InChI is InChI=1S/C11H22N2.C2H6S/c1-2-12-9-10-5-6-11(10)13-7-3-4-8-13;1-3-2/h10-12H,2-9H2,1H3;1-2H3. The molecule has 2 aliphatic rings. The Hall–Kier alpha value is 0.270. The molecular weight excluding hydrogens is 216 g/mol. The molecule has 0 amide bonds. The summed E-state index contributed by atoms with van der Waals surface area (Å²) in [5, 5.41) is 3.48. The quantitative estimate of drug-likeness (QED) is 0.818. The molecule has 1 saturated carbocycles. The fourth-order valence-corrected chi connectivity index (χ4v) is 2.67. The van der Waals surface area contributed by atoms with Crippen LogP contribution in [-0.2, 0) is 0 Å². The molecule has 0 aromatic rings. The SMILES string of the molecule is CCNCC1CCC1N1CCCC1.CSC. The van der Waals surface area contributed by atoms with Gasteiger partial charge in [0.25, 0.3) is 0 Å². The maximum atomic E-state index is 3.48. The van der Waals surface area contributed by atoms with Crippen molar-refractivity contribution < 1.29 is 0 Å². The Morgan fingerprint density at radius 3 is 2.25 bits per heavy atom. The second-order valence-electron chi connectivity index (χ2n) is 4.86. The van der Waals surface area contributed by atoms with Crippen molar-refractivity contribution in [2.45, 2.75) is 38.6 Å². The van der Waals surface area contributed by atoms with Crippen molar-refractivity contribution in [3.63, 3.8) is 0 Å². The van der Waals surface area contributed by atoms with E-state index in [2.05, 4.69) is 17.1 Å². The molecule has 2 atom stereocenters. The lowest BCUT2D eigenvalue weighted by molar-refractivity contribution is 0.0827. The highest BCUT2D eigenvalue weighted by atomic mass is 32.2. The zero-order valence-corrected chi connectivity index (χ0v) is 12.0. The summed E-state index contributed by atoms with van der Waals surface area (Å²) in [5.41, 5.74) is 0. The Morgan fingerprint density at radius 1 is 1.19 bits per heavy atom. The van der Waals surface area contributed by atoms with Gasteiger partial charge >= 0.3 is 0 Å². The minimum absolute atomic E-state index is 0.932. The average molecular weight is 244 g/mol. The van der Waals surface area contributed by atoms with Crippen LogP contribution in [0.15, 0.2) is 0 Å². The Morgan fingerprint density at radius 2 is 1.81 bits per heavy atom. The zero-order valence-electron chi connectivity index (χ0n) is 11.2. The Bertz CT molecular complexity index is 169. The van der Waals surface area contributed by atoms with Crippen LogP contribution in [0.4, 0.5) is 0 Å². The maximum absolute atomic E-state index is 3.48. The summed E-state index contributed by atoms with van der Waals surface area (Å²) >= 11 is 1.75. The van der Waals surface area contributed by atoms with Crippen molar-refractivity contribution in [1.29, 1.82) is 0 Å². The number of nitrogens with zero attached hydrogens (tertiary/aromatic N) is 1. The highest BCUT2D eigenvalue weighted by molar-refractivity contribution is 7.97. The van der Waals surface area contributed by atoms with Crippen molar-refractivity contribution in [2.24, 2.45) is 5.92 Å². The molecule has 0 bridgehead atoms. The largest absolute Gasteiger partial charge is 0.317 e. The van der Waals surface area contributed by atoms with Gasteiger partial charge in [0, 0.05) is 6.04 Å². The van der Waals surface area contributed by atoms with Crippen LogP contribution in [0.3, 0.4) is 0 Å². The summed E-state index contributed by atoms with van der Waals surface area (Å²) in [7, 11) is 0. The van der Waals surface area contributed by atoms with Gasteiger partial charge in [-0.05, 0) is 70.3 Å². The highest BCUT2D eigenvalue weighted by Gasteiger charge is 2.35. The lowest BCUT2D eigenvalue weighted by Gasteiger charge is -2.43. The third-order valence-electron chi connectivity index (χ3n) is 3.64. The average Bonchev–Trinajstić information content (AvgIpc) is 2.71. The lowest BCUT2D eigenvalue weighted by atomic mass is 9.78. The smallest absolute Gasteiger partial charge is 0.0136 e. The summed E-state index contributed by atoms with van der Waals surface area (Å²) in [6.07, 6.45) is 9.86. The molecule has 1 N–H and O–H groups in total. The van der Waals surface area contributed by atoms with E-state index < -0.39 is 0 Å². The van der Waals surface area contributed by atoms with E-state index in [4.69, 9.17) is 0 Å². The summed E-state index contributed by atoms with van der Waals surface area (Å²) in [6, 6.07) is 0.932. The van der Waals surface area contributed by atoms with Gasteiger partial charge in [-0.3, -0.25) is 0 Å². The molecule has 2 rings (SSSR count). The van der Waals surface area contributed by atoms with Crippen molar-refractivity contribution in [2.75, 3.05) is 38.7 Å². The number of thioether (sulfide) groups is 1. The second-order valence-corrected chi connectivity index (χ2v) is 5.68. The van der Waals surface area contributed by atoms with Gasteiger partial charge in [-0.1, -0.05) is 6.92 Å². The van der Waals surface area contributed by atoms with Gasteiger partial charge in [-0.25, -0.2) is 0 Å². The van der Waals surface area contributed by atoms with Crippen molar-refractivity contribution in [3.05, 3.63) is 0 Å². The predicted octanol–water partition coefficient (Wildman–Crippen LogP) is 2.45. The van der Waals surface area contributed by atoms with Gasteiger partial charge in [0.15, 0.2) is 0 Å². The van der Waals surface area contributed by atoms with Gasteiger partial charge in [-0.2, -0.15) is 11.8 Å².